The quantitative estimate of drug-likeness (QED) is 0.216. The zero-order chi connectivity index (χ0) is 23.1. The fourth-order valence-electron chi connectivity index (χ4n) is 5.03. The Morgan fingerprint density at radius 2 is 1.24 bits per heavy atom. The van der Waals surface area contributed by atoms with Crippen LogP contribution in [0.5, 0.6) is 0 Å². The van der Waals surface area contributed by atoms with Crippen molar-refractivity contribution in [3.05, 3.63) is 96.3 Å². The van der Waals surface area contributed by atoms with Crippen LogP contribution < -0.4 is 0 Å². The Bertz CT molecular complexity index is 1640. The lowest BCUT2D eigenvalue weighted by atomic mass is 9.98. The molecule has 2 heteroatoms. The zero-order valence-electron chi connectivity index (χ0n) is 19.4. The van der Waals surface area contributed by atoms with E-state index in [0.29, 0.717) is 0 Å². The van der Waals surface area contributed by atoms with Gasteiger partial charge in [0.1, 0.15) is 5.82 Å². The van der Waals surface area contributed by atoms with Gasteiger partial charge in [-0.3, -0.25) is 0 Å². The second kappa shape index (κ2) is 8.85. The van der Waals surface area contributed by atoms with Gasteiger partial charge in [0.05, 0.1) is 0 Å². The molecule has 0 saturated carbocycles. The van der Waals surface area contributed by atoms with Crippen LogP contribution in [0.3, 0.4) is 0 Å². The van der Waals surface area contributed by atoms with Crippen LogP contribution in [-0.4, -0.2) is 0 Å². The molecule has 1 heterocycles. The standard InChI is InChI=1S/C32H27FS/c1-2-3-4-5-6-21-7-9-22(10-8-21)23-11-12-24-17-29-30-18-25-13-14-28(33)16-27(25)20-32(30)34-31(29)19-26(24)15-23/h7-20H,2-6H2,1H3. The van der Waals surface area contributed by atoms with Crippen LogP contribution in [0.4, 0.5) is 4.39 Å². The van der Waals surface area contributed by atoms with E-state index in [1.54, 1.807) is 23.5 Å². The van der Waals surface area contributed by atoms with Crippen LogP contribution in [0, 0.1) is 5.82 Å². The maximum absolute atomic E-state index is 13.7. The minimum absolute atomic E-state index is 0.184. The van der Waals surface area contributed by atoms with Crippen molar-refractivity contribution in [3.63, 3.8) is 0 Å². The number of benzene rings is 5. The molecule has 0 aliphatic rings. The molecule has 6 aromatic rings. The van der Waals surface area contributed by atoms with Crippen molar-refractivity contribution < 1.29 is 4.39 Å². The van der Waals surface area contributed by atoms with Gasteiger partial charge in [-0.25, -0.2) is 4.39 Å². The summed E-state index contributed by atoms with van der Waals surface area (Å²) in [7, 11) is 0. The third-order valence-corrected chi connectivity index (χ3v) is 8.07. The average molecular weight is 463 g/mol. The predicted molar refractivity (Wildman–Crippen MR) is 148 cm³/mol. The van der Waals surface area contributed by atoms with Crippen molar-refractivity contribution in [2.45, 2.75) is 39.0 Å². The fraction of sp³-hybridized carbons (Fsp3) is 0.188. The lowest BCUT2D eigenvalue weighted by Crippen LogP contribution is -1.86. The van der Waals surface area contributed by atoms with Crippen molar-refractivity contribution in [2.75, 3.05) is 0 Å². The molecule has 0 saturated heterocycles. The molecule has 0 bridgehead atoms. The Hall–Kier alpha value is -3.23. The van der Waals surface area contributed by atoms with Crippen LogP contribution in [0.15, 0.2) is 84.9 Å². The molecule has 6 rings (SSSR count). The Labute approximate surface area is 203 Å². The van der Waals surface area contributed by atoms with E-state index in [4.69, 9.17) is 0 Å². The maximum atomic E-state index is 13.7. The highest BCUT2D eigenvalue weighted by Crippen LogP contribution is 2.39. The number of unbranched alkanes of at least 4 members (excludes halogenated alkanes) is 3. The number of aryl methyl sites for hydroxylation is 1. The molecule has 0 aliphatic heterocycles. The third kappa shape index (κ3) is 3.97. The first kappa shape index (κ1) is 21.3. The minimum Gasteiger partial charge on any atom is -0.207 e. The molecule has 168 valence electrons. The molecule has 5 aromatic carbocycles. The summed E-state index contributed by atoms with van der Waals surface area (Å²) in [5, 5.41) is 7.08. The van der Waals surface area contributed by atoms with Crippen LogP contribution in [0.1, 0.15) is 38.2 Å². The number of rotatable bonds is 6. The largest absolute Gasteiger partial charge is 0.207 e. The van der Waals surface area contributed by atoms with Gasteiger partial charge in [-0.2, -0.15) is 0 Å². The van der Waals surface area contributed by atoms with Crippen LogP contribution in [0.25, 0.3) is 52.8 Å². The Morgan fingerprint density at radius 1 is 0.588 bits per heavy atom. The number of thiophene rings is 1. The van der Waals surface area contributed by atoms with Crippen molar-refractivity contribution in [1.82, 2.24) is 0 Å². The lowest BCUT2D eigenvalue weighted by molar-refractivity contribution is 0.630. The second-order valence-electron chi connectivity index (χ2n) is 9.36. The highest BCUT2D eigenvalue weighted by molar-refractivity contribution is 7.26. The highest BCUT2D eigenvalue weighted by Gasteiger charge is 2.10. The van der Waals surface area contributed by atoms with Gasteiger partial charge in [0.25, 0.3) is 0 Å². The van der Waals surface area contributed by atoms with E-state index in [2.05, 4.69) is 73.7 Å². The molecule has 0 N–H and O–H groups in total. The molecule has 0 radical (unpaired) electrons. The zero-order valence-corrected chi connectivity index (χ0v) is 20.2. The van der Waals surface area contributed by atoms with Gasteiger partial charge < -0.3 is 0 Å². The van der Waals surface area contributed by atoms with Crippen LogP contribution in [-0.2, 0) is 6.42 Å². The Kier molecular flexibility index (Phi) is 5.55. The second-order valence-corrected chi connectivity index (χ2v) is 10.4. The predicted octanol–water partition coefficient (Wildman–Crippen LogP) is 10.3. The van der Waals surface area contributed by atoms with Gasteiger partial charge in [0, 0.05) is 20.2 Å². The summed E-state index contributed by atoms with van der Waals surface area (Å²) < 4.78 is 16.2. The maximum Gasteiger partial charge on any atom is 0.123 e. The summed E-state index contributed by atoms with van der Waals surface area (Å²) in [6, 6.07) is 29.9. The molecular formula is C32H27FS. The molecule has 0 amide bonds. The molecule has 0 spiro atoms. The van der Waals surface area contributed by atoms with Crippen molar-refractivity contribution >= 4 is 53.1 Å². The summed E-state index contributed by atoms with van der Waals surface area (Å²) in [5.41, 5.74) is 3.95. The number of fused-ring (bicyclic) bond motifs is 5. The molecule has 0 nitrogen and oxygen atoms in total. The first-order valence-corrected chi connectivity index (χ1v) is 13.1. The molecule has 0 aliphatic carbocycles. The Morgan fingerprint density at radius 3 is 1.94 bits per heavy atom. The fourth-order valence-corrected chi connectivity index (χ4v) is 6.20. The summed E-state index contributed by atoms with van der Waals surface area (Å²) >= 11 is 1.79. The van der Waals surface area contributed by atoms with Crippen molar-refractivity contribution in [3.8, 4) is 11.1 Å². The first-order valence-electron chi connectivity index (χ1n) is 12.3. The van der Waals surface area contributed by atoms with Gasteiger partial charge in [-0.15, -0.1) is 11.3 Å². The topological polar surface area (TPSA) is 0 Å². The third-order valence-electron chi connectivity index (χ3n) is 6.96. The van der Waals surface area contributed by atoms with Gasteiger partial charge in [-0.1, -0.05) is 68.7 Å². The van der Waals surface area contributed by atoms with E-state index in [-0.39, 0.29) is 5.82 Å². The van der Waals surface area contributed by atoms with E-state index >= 15 is 0 Å². The first-order chi connectivity index (χ1) is 16.7. The van der Waals surface area contributed by atoms with Crippen molar-refractivity contribution in [2.24, 2.45) is 0 Å². The molecule has 34 heavy (non-hydrogen) atoms. The normalized spacial score (nSPS) is 11.8. The number of hydrogen-bond donors (Lipinski definition) is 0. The summed E-state index contributed by atoms with van der Waals surface area (Å²) in [4.78, 5) is 0. The van der Waals surface area contributed by atoms with Gasteiger partial charge in [0.2, 0.25) is 0 Å². The number of hydrogen-bond acceptors (Lipinski definition) is 1. The summed E-state index contributed by atoms with van der Waals surface area (Å²) in [5.74, 6) is -0.184. The molecule has 1 aromatic heterocycles. The molecule has 0 atom stereocenters. The smallest absolute Gasteiger partial charge is 0.123 e. The number of halogens is 1. The lowest BCUT2D eigenvalue weighted by Gasteiger charge is -2.07. The van der Waals surface area contributed by atoms with E-state index in [9.17, 15) is 4.39 Å². The Balaban J connectivity index is 1.36. The summed E-state index contributed by atoms with van der Waals surface area (Å²) in [6.45, 7) is 2.26. The average Bonchev–Trinajstić information content (AvgIpc) is 3.20. The van der Waals surface area contributed by atoms with E-state index in [1.165, 1.54) is 79.7 Å². The van der Waals surface area contributed by atoms with E-state index in [0.717, 1.165) is 10.8 Å². The highest BCUT2D eigenvalue weighted by atomic mass is 32.1. The van der Waals surface area contributed by atoms with Crippen molar-refractivity contribution in [1.29, 1.82) is 0 Å². The SMILES string of the molecule is CCCCCCc1ccc(-c2ccc3cc4c(cc3c2)sc2cc3cc(F)ccc3cc24)cc1. The summed E-state index contributed by atoms with van der Waals surface area (Å²) in [6.07, 6.45) is 6.38. The van der Waals surface area contributed by atoms with Gasteiger partial charge in [-0.05, 0) is 93.5 Å². The van der Waals surface area contributed by atoms with E-state index < -0.39 is 0 Å². The van der Waals surface area contributed by atoms with Gasteiger partial charge in [0.15, 0.2) is 0 Å². The molecule has 0 unspecified atom stereocenters. The monoisotopic (exact) mass is 462 g/mol. The van der Waals surface area contributed by atoms with Crippen LogP contribution in [0.2, 0.25) is 0 Å². The molecular weight excluding hydrogens is 435 g/mol. The molecule has 0 fully saturated rings. The van der Waals surface area contributed by atoms with Gasteiger partial charge >= 0.3 is 0 Å². The van der Waals surface area contributed by atoms with Crippen LogP contribution >= 0.6 is 11.3 Å². The van der Waals surface area contributed by atoms with E-state index in [1.807, 2.05) is 6.07 Å². The minimum atomic E-state index is -0.184.